The van der Waals surface area contributed by atoms with E-state index in [4.69, 9.17) is 5.73 Å². The number of nitrogen functional groups attached to an aromatic ring is 1. The molecule has 104 valence electrons. The summed E-state index contributed by atoms with van der Waals surface area (Å²) in [4.78, 5) is 0. The molecular formula is C15H25N4+. The van der Waals surface area contributed by atoms with Crippen LogP contribution in [0, 0.1) is 0 Å². The number of nitrogens with zero attached hydrogens (tertiary/aromatic N) is 2. The maximum atomic E-state index is 5.96. The van der Waals surface area contributed by atoms with Gasteiger partial charge in [0.1, 0.15) is 0 Å². The number of benzene rings is 1. The summed E-state index contributed by atoms with van der Waals surface area (Å²) in [6.45, 7) is 4.15. The first-order valence-corrected chi connectivity index (χ1v) is 6.82. The fraction of sp³-hybridized carbons (Fsp3) is 0.467. The molecule has 0 aliphatic rings. The lowest BCUT2D eigenvalue weighted by Gasteiger charge is -2.23. The first kappa shape index (κ1) is 13.9. The summed E-state index contributed by atoms with van der Waals surface area (Å²) in [5.41, 5.74) is 8.03. The summed E-state index contributed by atoms with van der Waals surface area (Å²) in [5, 5.41) is 4.64. The summed E-state index contributed by atoms with van der Waals surface area (Å²) in [6.07, 6.45) is 2.11. The third-order valence-corrected chi connectivity index (χ3v) is 3.34. The second-order valence-corrected chi connectivity index (χ2v) is 6.05. The summed E-state index contributed by atoms with van der Waals surface area (Å²) < 4.78 is 3.25. The highest BCUT2D eigenvalue weighted by atomic mass is 15.3. The lowest BCUT2D eigenvalue weighted by molar-refractivity contribution is -0.869. The van der Waals surface area contributed by atoms with Crippen molar-refractivity contribution in [3.05, 3.63) is 30.5 Å². The van der Waals surface area contributed by atoms with Crippen LogP contribution in [0.5, 0.6) is 0 Å². The molecule has 0 aliphatic heterocycles. The molecule has 0 radical (unpaired) electrons. The minimum absolute atomic E-state index is 0.856. The molecule has 0 spiro atoms. The molecule has 0 atom stereocenters. The highest BCUT2D eigenvalue weighted by Crippen LogP contribution is 2.21. The van der Waals surface area contributed by atoms with E-state index in [9.17, 15) is 0 Å². The zero-order valence-electron chi connectivity index (χ0n) is 12.2. The molecule has 0 saturated carbocycles. The fourth-order valence-corrected chi connectivity index (χ4v) is 2.18. The van der Waals surface area contributed by atoms with Crippen molar-refractivity contribution < 1.29 is 4.48 Å². The molecule has 2 aromatic rings. The highest BCUT2D eigenvalue weighted by molar-refractivity contribution is 5.91. The number of nitrogens with one attached hydrogen (secondary N) is 1. The monoisotopic (exact) mass is 261 g/mol. The Morgan fingerprint density at radius 1 is 1.16 bits per heavy atom. The standard InChI is InChI=1S/C15H25N4/c1-19(2,3)12-9-17-8-11-18-10-7-13-14(16)5-4-6-15(13)18/h4-7,10,17H,8-9,11-12,16H2,1-3H3/q+1. The van der Waals surface area contributed by atoms with Gasteiger partial charge in [-0.2, -0.15) is 0 Å². The van der Waals surface area contributed by atoms with Crippen molar-refractivity contribution in [3.8, 4) is 0 Å². The predicted octanol–water partition coefficient (Wildman–Crippen LogP) is 1.52. The van der Waals surface area contributed by atoms with Gasteiger partial charge in [-0.05, 0) is 18.2 Å². The maximum absolute atomic E-state index is 5.96. The molecule has 0 aliphatic carbocycles. The Bertz CT molecular complexity index is 537. The Morgan fingerprint density at radius 2 is 1.95 bits per heavy atom. The molecule has 3 N–H and O–H groups in total. The van der Waals surface area contributed by atoms with E-state index in [1.54, 1.807) is 0 Å². The van der Waals surface area contributed by atoms with Gasteiger partial charge in [0.25, 0.3) is 0 Å². The molecule has 1 aromatic heterocycles. The Balaban J connectivity index is 1.87. The molecule has 4 nitrogen and oxygen atoms in total. The summed E-state index contributed by atoms with van der Waals surface area (Å²) >= 11 is 0. The van der Waals surface area contributed by atoms with Gasteiger partial charge in [-0.15, -0.1) is 0 Å². The Labute approximate surface area is 115 Å². The zero-order chi connectivity index (χ0) is 13.9. The van der Waals surface area contributed by atoms with Gasteiger partial charge in [0.15, 0.2) is 0 Å². The van der Waals surface area contributed by atoms with E-state index in [0.717, 1.165) is 41.7 Å². The van der Waals surface area contributed by atoms with Gasteiger partial charge in [-0.1, -0.05) is 6.07 Å². The number of hydrogen-bond acceptors (Lipinski definition) is 2. The molecule has 2 rings (SSSR count). The number of nitrogens with two attached hydrogens (primary N) is 1. The van der Waals surface area contributed by atoms with Crippen molar-refractivity contribution in [1.29, 1.82) is 0 Å². The van der Waals surface area contributed by atoms with Crippen LogP contribution in [-0.4, -0.2) is 49.8 Å². The van der Waals surface area contributed by atoms with Crippen molar-refractivity contribution >= 4 is 16.6 Å². The van der Waals surface area contributed by atoms with E-state index in [2.05, 4.69) is 49.4 Å². The topological polar surface area (TPSA) is 43.0 Å². The summed E-state index contributed by atoms with van der Waals surface area (Å²) in [6, 6.07) is 8.18. The zero-order valence-corrected chi connectivity index (χ0v) is 12.2. The molecule has 1 aromatic carbocycles. The number of anilines is 1. The number of quaternary nitrogens is 1. The lowest BCUT2D eigenvalue weighted by atomic mass is 10.2. The number of aromatic nitrogens is 1. The van der Waals surface area contributed by atoms with Crippen LogP contribution in [0.25, 0.3) is 10.9 Å². The van der Waals surface area contributed by atoms with E-state index < -0.39 is 0 Å². The average Bonchev–Trinajstić information content (AvgIpc) is 2.72. The van der Waals surface area contributed by atoms with Gasteiger partial charge in [-0.25, -0.2) is 0 Å². The smallest absolute Gasteiger partial charge is 0.0907 e. The number of rotatable bonds is 6. The quantitative estimate of drug-likeness (QED) is 0.470. The van der Waals surface area contributed by atoms with E-state index in [-0.39, 0.29) is 0 Å². The average molecular weight is 261 g/mol. The predicted molar refractivity (Wildman–Crippen MR) is 82.1 cm³/mol. The van der Waals surface area contributed by atoms with Gasteiger partial charge >= 0.3 is 0 Å². The van der Waals surface area contributed by atoms with E-state index in [1.807, 2.05) is 12.1 Å². The second kappa shape index (κ2) is 5.63. The molecule has 1 heterocycles. The summed E-state index contributed by atoms with van der Waals surface area (Å²) in [7, 11) is 6.64. The van der Waals surface area contributed by atoms with Crippen LogP contribution in [0.3, 0.4) is 0 Å². The molecule has 19 heavy (non-hydrogen) atoms. The largest absolute Gasteiger partial charge is 0.398 e. The van der Waals surface area contributed by atoms with Crippen LogP contribution in [0.1, 0.15) is 0 Å². The molecular weight excluding hydrogens is 236 g/mol. The van der Waals surface area contributed by atoms with Crippen LogP contribution < -0.4 is 11.1 Å². The van der Waals surface area contributed by atoms with Crippen LogP contribution in [0.4, 0.5) is 5.69 Å². The van der Waals surface area contributed by atoms with Crippen molar-refractivity contribution in [3.63, 3.8) is 0 Å². The van der Waals surface area contributed by atoms with Crippen molar-refractivity contribution in [2.24, 2.45) is 0 Å². The molecule has 0 amide bonds. The van der Waals surface area contributed by atoms with Gasteiger partial charge in [0.2, 0.25) is 0 Å². The third kappa shape index (κ3) is 3.72. The Kier molecular flexibility index (Phi) is 4.12. The highest BCUT2D eigenvalue weighted by Gasteiger charge is 2.06. The Hall–Kier alpha value is -1.52. The SMILES string of the molecule is C[N+](C)(C)CCNCCn1ccc2c(N)cccc21. The lowest BCUT2D eigenvalue weighted by Crippen LogP contribution is -2.41. The van der Waals surface area contributed by atoms with Crippen LogP contribution in [-0.2, 0) is 6.54 Å². The Morgan fingerprint density at radius 3 is 2.68 bits per heavy atom. The molecule has 0 bridgehead atoms. The number of hydrogen-bond donors (Lipinski definition) is 2. The van der Waals surface area contributed by atoms with Gasteiger partial charge < -0.3 is 20.1 Å². The number of fused-ring (bicyclic) bond motifs is 1. The van der Waals surface area contributed by atoms with Gasteiger partial charge in [0, 0.05) is 36.9 Å². The van der Waals surface area contributed by atoms with Gasteiger partial charge in [0.05, 0.1) is 33.2 Å². The molecule has 4 heteroatoms. The molecule has 0 fully saturated rings. The van der Waals surface area contributed by atoms with Crippen LogP contribution >= 0.6 is 0 Å². The fourth-order valence-electron chi connectivity index (χ4n) is 2.18. The van der Waals surface area contributed by atoms with Crippen molar-refractivity contribution in [2.75, 3.05) is 46.5 Å². The first-order chi connectivity index (χ1) is 8.97. The van der Waals surface area contributed by atoms with Gasteiger partial charge in [-0.3, -0.25) is 0 Å². The van der Waals surface area contributed by atoms with Crippen molar-refractivity contribution in [1.82, 2.24) is 9.88 Å². The third-order valence-electron chi connectivity index (χ3n) is 3.34. The minimum Gasteiger partial charge on any atom is -0.398 e. The minimum atomic E-state index is 0.856. The first-order valence-electron chi connectivity index (χ1n) is 6.82. The molecule has 0 saturated heterocycles. The van der Waals surface area contributed by atoms with Crippen LogP contribution in [0.15, 0.2) is 30.5 Å². The summed E-state index contributed by atoms with van der Waals surface area (Å²) in [5.74, 6) is 0. The normalized spacial score (nSPS) is 12.2. The second-order valence-electron chi connectivity index (χ2n) is 6.05. The van der Waals surface area contributed by atoms with E-state index in [1.165, 1.54) is 5.52 Å². The van der Waals surface area contributed by atoms with Crippen LogP contribution in [0.2, 0.25) is 0 Å². The molecule has 0 unspecified atom stereocenters. The van der Waals surface area contributed by atoms with Crippen molar-refractivity contribution in [2.45, 2.75) is 6.54 Å². The maximum Gasteiger partial charge on any atom is 0.0907 e. The number of likely N-dealkylation sites (N-methyl/N-ethyl adjacent to an activating group) is 1. The van der Waals surface area contributed by atoms with E-state index in [0.29, 0.717) is 0 Å². The van der Waals surface area contributed by atoms with E-state index >= 15 is 0 Å².